The molecule has 4 bridgehead atoms. The van der Waals surface area contributed by atoms with Crippen molar-refractivity contribution < 1.29 is 24.1 Å². The fourth-order valence-electron chi connectivity index (χ4n) is 12.1. The molecule has 2 spiro atoms. The summed E-state index contributed by atoms with van der Waals surface area (Å²) in [7, 11) is 1.85. The summed E-state index contributed by atoms with van der Waals surface area (Å²) in [6.07, 6.45) is 24.6. The van der Waals surface area contributed by atoms with Gasteiger partial charge in [0.2, 0.25) is 0 Å². The van der Waals surface area contributed by atoms with Crippen LogP contribution in [0.25, 0.3) is 0 Å². The number of benzene rings is 1. The Labute approximate surface area is 310 Å². The van der Waals surface area contributed by atoms with Crippen molar-refractivity contribution in [1.82, 2.24) is 4.90 Å². The molecule has 1 N–H and O–H groups in total. The van der Waals surface area contributed by atoms with Crippen LogP contribution in [0.4, 0.5) is 0 Å². The van der Waals surface area contributed by atoms with Crippen molar-refractivity contribution in [3.63, 3.8) is 0 Å². The van der Waals surface area contributed by atoms with Gasteiger partial charge in [-0.15, -0.1) is 0 Å². The molecule has 1 aromatic rings. The number of esters is 1. The topological polar surface area (TPSA) is 68.2 Å². The van der Waals surface area contributed by atoms with Gasteiger partial charge in [0, 0.05) is 48.4 Å². The van der Waals surface area contributed by atoms with E-state index in [0.29, 0.717) is 18.2 Å². The number of piperidine rings is 1. The van der Waals surface area contributed by atoms with Crippen LogP contribution < -0.4 is 9.47 Å². The predicted molar refractivity (Wildman–Crippen MR) is 204 cm³/mol. The molecule has 0 unspecified atom stereocenters. The third-order valence-corrected chi connectivity index (χ3v) is 15.5. The first-order chi connectivity index (χ1) is 24.4. The molecule has 51 heavy (non-hydrogen) atoms. The van der Waals surface area contributed by atoms with Gasteiger partial charge in [-0.1, -0.05) is 111 Å². The molecule has 6 heteroatoms. The summed E-state index contributed by atoms with van der Waals surface area (Å²) < 4.78 is 20.3. The zero-order valence-corrected chi connectivity index (χ0v) is 33.3. The van der Waals surface area contributed by atoms with Gasteiger partial charge in [0.1, 0.15) is 11.7 Å². The summed E-state index contributed by atoms with van der Waals surface area (Å²) in [6.45, 7) is 13.1. The Morgan fingerprint density at radius 2 is 1.57 bits per heavy atom. The highest BCUT2D eigenvalue weighted by molar-refractivity contribution is 5.75. The summed E-state index contributed by atoms with van der Waals surface area (Å²) in [5.41, 5.74) is 0.582. The van der Waals surface area contributed by atoms with Crippen molar-refractivity contribution in [2.75, 3.05) is 20.2 Å². The van der Waals surface area contributed by atoms with E-state index in [-0.39, 0.29) is 34.2 Å². The highest BCUT2D eigenvalue weighted by Gasteiger charge is 2.82. The number of carbonyl (C=O) groups excluding carboxylic acids is 1. The molecule has 8 rings (SSSR count). The molecule has 1 aromatic carbocycles. The zero-order valence-electron chi connectivity index (χ0n) is 33.3. The summed E-state index contributed by atoms with van der Waals surface area (Å²) >= 11 is 0. The summed E-state index contributed by atoms with van der Waals surface area (Å²) in [6, 6.07) is 4.70. The maximum atomic E-state index is 13.4. The standard InChI is InChI=1S/C45H71NO5/c1-7-8-9-10-11-12-13-14-15-16-17-18-19-20-37(47)50-34-24-23-33-29-36-43-25-26-45(49-6,35(30-43)42(5,48)41(2,3)4)40-44(43,38(33)39(34)51-40)27-28-46(36)31-32-21-22-32/h23-24,32,35-36,40,48H,7-22,25-31H2,1-6H3/t35-,36-,40-,42+,43-,44+,45-/m1/s1. The third kappa shape index (κ3) is 6.31. The maximum absolute atomic E-state index is 13.4. The summed E-state index contributed by atoms with van der Waals surface area (Å²) in [5.74, 6) is 2.01. The smallest absolute Gasteiger partial charge is 0.311 e. The number of rotatable bonds is 19. The molecule has 5 fully saturated rings. The molecule has 2 aliphatic heterocycles. The van der Waals surface area contributed by atoms with Crippen molar-refractivity contribution in [1.29, 1.82) is 0 Å². The van der Waals surface area contributed by atoms with Gasteiger partial charge >= 0.3 is 5.97 Å². The van der Waals surface area contributed by atoms with Gasteiger partial charge < -0.3 is 19.3 Å². The first-order valence-electron chi connectivity index (χ1n) is 21.5. The number of likely N-dealkylation sites (tertiary alicyclic amines) is 1. The third-order valence-electron chi connectivity index (χ3n) is 15.5. The maximum Gasteiger partial charge on any atom is 0.311 e. The molecule has 5 aliphatic carbocycles. The Morgan fingerprint density at radius 1 is 0.922 bits per heavy atom. The van der Waals surface area contributed by atoms with Crippen molar-refractivity contribution in [3.8, 4) is 11.5 Å². The number of methoxy groups -OCH3 is 1. The SMILES string of the molecule is CCCCCCCCCCCCCCCC(=O)Oc1ccc2c3c1O[C@H]1[C@@]4(OC)CC[C@@]5(C[C@@H]4[C@](C)(O)C(C)(C)C)[C@@H](C2)N(CC2CC2)CC[C@]315. The van der Waals surface area contributed by atoms with Crippen LogP contribution in [-0.4, -0.2) is 59.5 Å². The molecular weight excluding hydrogens is 634 g/mol. The van der Waals surface area contributed by atoms with Gasteiger partial charge in [-0.3, -0.25) is 9.69 Å². The van der Waals surface area contributed by atoms with E-state index < -0.39 is 11.2 Å². The molecule has 7 aliphatic rings. The number of carbonyl (C=O) groups is 1. The lowest BCUT2D eigenvalue weighted by molar-refractivity contribution is -0.312. The van der Waals surface area contributed by atoms with E-state index in [1.165, 1.54) is 101 Å². The van der Waals surface area contributed by atoms with E-state index in [9.17, 15) is 9.90 Å². The van der Waals surface area contributed by atoms with E-state index in [0.717, 1.165) is 63.2 Å². The van der Waals surface area contributed by atoms with Crippen LogP contribution in [0.5, 0.6) is 11.5 Å². The Hall–Kier alpha value is -1.63. The second-order valence-electron chi connectivity index (χ2n) is 19.2. The fourth-order valence-corrected chi connectivity index (χ4v) is 12.1. The minimum atomic E-state index is -0.949. The van der Waals surface area contributed by atoms with E-state index in [4.69, 9.17) is 14.2 Å². The zero-order chi connectivity index (χ0) is 36.1. The van der Waals surface area contributed by atoms with Crippen LogP contribution in [-0.2, 0) is 21.4 Å². The Morgan fingerprint density at radius 3 is 2.18 bits per heavy atom. The van der Waals surface area contributed by atoms with E-state index in [2.05, 4.69) is 45.6 Å². The second-order valence-corrected chi connectivity index (χ2v) is 19.2. The number of unbranched alkanes of at least 4 members (excludes halogenated alkanes) is 12. The van der Waals surface area contributed by atoms with Crippen LogP contribution in [0.2, 0.25) is 0 Å². The normalized spacial score (nSPS) is 33.1. The number of nitrogens with zero attached hydrogens (tertiary/aromatic N) is 1. The van der Waals surface area contributed by atoms with Gasteiger partial charge in [-0.25, -0.2) is 0 Å². The highest BCUT2D eigenvalue weighted by atomic mass is 16.6. The van der Waals surface area contributed by atoms with Crippen LogP contribution in [0.1, 0.15) is 174 Å². The van der Waals surface area contributed by atoms with E-state index in [1.807, 2.05) is 13.2 Å². The van der Waals surface area contributed by atoms with Gasteiger partial charge in [0.25, 0.3) is 0 Å². The van der Waals surface area contributed by atoms with Crippen LogP contribution >= 0.6 is 0 Å². The summed E-state index contributed by atoms with van der Waals surface area (Å²) in [5, 5.41) is 12.5. The molecule has 0 amide bonds. The quantitative estimate of drug-likeness (QED) is 0.0878. The lowest BCUT2D eigenvalue weighted by Gasteiger charge is -2.75. The van der Waals surface area contributed by atoms with Crippen molar-refractivity contribution in [2.24, 2.45) is 22.7 Å². The predicted octanol–water partition coefficient (Wildman–Crippen LogP) is 10.1. The summed E-state index contributed by atoms with van der Waals surface area (Å²) in [4.78, 5) is 16.2. The molecule has 2 heterocycles. The number of fused-ring (bicyclic) bond motifs is 2. The lowest BCUT2D eigenvalue weighted by Crippen LogP contribution is -2.83. The molecule has 6 nitrogen and oxygen atoms in total. The van der Waals surface area contributed by atoms with Crippen LogP contribution in [0.3, 0.4) is 0 Å². The minimum Gasteiger partial charge on any atom is -0.482 e. The molecular formula is C45H71NO5. The molecule has 0 aromatic heterocycles. The molecule has 0 radical (unpaired) electrons. The number of ether oxygens (including phenoxy) is 3. The van der Waals surface area contributed by atoms with Gasteiger partial charge in [0.15, 0.2) is 11.5 Å². The molecule has 4 saturated carbocycles. The number of aliphatic hydroxyl groups is 1. The largest absolute Gasteiger partial charge is 0.482 e. The van der Waals surface area contributed by atoms with Gasteiger partial charge in [-0.05, 0) is 87.8 Å². The number of hydrogen-bond donors (Lipinski definition) is 1. The van der Waals surface area contributed by atoms with Gasteiger partial charge in [-0.2, -0.15) is 0 Å². The average molecular weight is 706 g/mol. The van der Waals surface area contributed by atoms with Crippen LogP contribution in [0, 0.1) is 22.7 Å². The minimum absolute atomic E-state index is 0.0134. The Bertz CT molecular complexity index is 1400. The van der Waals surface area contributed by atoms with Crippen molar-refractivity contribution >= 4 is 5.97 Å². The number of hydrogen-bond acceptors (Lipinski definition) is 6. The average Bonchev–Trinajstić information content (AvgIpc) is 3.84. The molecule has 1 saturated heterocycles. The molecule has 286 valence electrons. The van der Waals surface area contributed by atoms with E-state index >= 15 is 0 Å². The van der Waals surface area contributed by atoms with Crippen molar-refractivity contribution in [2.45, 2.75) is 198 Å². The first-order valence-corrected chi connectivity index (χ1v) is 21.5. The lowest BCUT2D eigenvalue weighted by atomic mass is 9.33. The fraction of sp³-hybridized carbons (Fsp3) is 0.844. The van der Waals surface area contributed by atoms with Gasteiger partial charge in [0.05, 0.1) is 5.60 Å². The van der Waals surface area contributed by atoms with E-state index in [1.54, 1.807) is 0 Å². The second kappa shape index (κ2) is 14.5. The first kappa shape index (κ1) is 37.7. The molecule has 7 atom stereocenters. The highest BCUT2D eigenvalue weighted by Crippen LogP contribution is 2.78. The Kier molecular flexibility index (Phi) is 10.7. The van der Waals surface area contributed by atoms with Crippen LogP contribution in [0.15, 0.2) is 12.1 Å². The van der Waals surface area contributed by atoms with Crippen molar-refractivity contribution in [3.05, 3.63) is 23.3 Å². The monoisotopic (exact) mass is 706 g/mol. The Balaban J connectivity index is 1.05.